The molecule has 1 aliphatic carbocycles. The van der Waals surface area contributed by atoms with Crippen LogP contribution < -0.4 is 10.1 Å². The minimum atomic E-state index is 0.410. The molecule has 2 aromatic rings. The standard InChI is InChI=1S/C17H21N3O/c1-13-18-11-10-15(20-13)12-19-14-6-8-17(9-7-14)21-16-4-2-3-5-16/h6-11,16,19H,2-5,12H2,1H3. The largest absolute Gasteiger partial charge is 0.490 e. The number of anilines is 1. The second-order valence-electron chi connectivity index (χ2n) is 5.50. The van der Waals surface area contributed by atoms with Gasteiger partial charge in [0.15, 0.2) is 0 Å². The molecule has 1 heterocycles. The van der Waals surface area contributed by atoms with Crippen LogP contribution in [0, 0.1) is 6.92 Å². The topological polar surface area (TPSA) is 47.0 Å². The second kappa shape index (κ2) is 6.57. The fourth-order valence-corrected chi connectivity index (χ4v) is 2.65. The van der Waals surface area contributed by atoms with E-state index in [-0.39, 0.29) is 0 Å². The third-order valence-electron chi connectivity index (χ3n) is 3.77. The van der Waals surface area contributed by atoms with E-state index >= 15 is 0 Å². The molecule has 0 atom stereocenters. The van der Waals surface area contributed by atoms with Gasteiger partial charge in [0, 0.05) is 11.9 Å². The van der Waals surface area contributed by atoms with Crippen LogP contribution in [0.5, 0.6) is 5.75 Å². The fourth-order valence-electron chi connectivity index (χ4n) is 2.65. The third kappa shape index (κ3) is 3.94. The molecule has 4 heteroatoms. The van der Waals surface area contributed by atoms with E-state index in [1.807, 2.05) is 25.1 Å². The summed E-state index contributed by atoms with van der Waals surface area (Å²) in [5, 5.41) is 3.36. The smallest absolute Gasteiger partial charge is 0.125 e. The predicted octanol–water partition coefficient (Wildman–Crippen LogP) is 3.72. The Morgan fingerprint density at radius 2 is 1.90 bits per heavy atom. The molecule has 0 saturated heterocycles. The molecular weight excluding hydrogens is 262 g/mol. The van der Waals surface area contributed by atoms with Crippen LogP contribution in [0.4, 0.5) is 5.69 Å². The molecule has 3 rings (SSSR count). The molecule has 1 aromatic heterocycles. The van der Waals surface area contributed by atoms with Crippen LogP contribution >= 0.6 is 0 Å². The van der Waals surface area contributed by atoms with Crippen molar-refractivity contribution in [1.29, 1.82) is 0 Å². The summed E-state index contributed by atoms with van der Waals surface area (Å²) in [6.07, 6.45) is 7.16. The summed E-state index contributed by atoms with van der Waals surface area (Å²) in [7, 11) is 0. The number of aromatic nitrogens is 2. The number of hydrogen-bond donors (Lipinski definition) is 1. The summed E-state index contributed by atoms with van der Waals surface area (Å²) in [5.41, 5.74) is 2.07. The molecule has 0 spiro atoms. The molecule has 0 radical (unpaired) electrons. The van der Waals surface area contributed by atoms with E-state index in [0.717, 1.165) is 23.0 Å². The average molecular weight is 283 g/mol. The van der Waals surface area contributed by atoms with Crippen molar-refractivity contribution in [3.8, 4) is 5.75 Å². The van der Waals surface area contributed by atoms with Crippen LogP contribution in [-0.2, 0) is 6.54 Å². The summed E-state index contributed by atoms with van der Waals surface area (Å²) in [5.74, 6) is 1.76. The van der Waals surface area contributed by atoms with Gasteiger partial charge in [-0.1, -0.05) is 0 Å². The predicted molar refractivity (Wildman–Crippen MR) is 83.4 cm³/mol. The minimum absolute atomic E-state index is 0.410. The maximum atomic E-state index is 5.96. The molecule has 4 nitrogen and oxygen atoms in total. The van der Waals surface area contributed by atoms with Gasteiger partial charge in [-0.15, -0.1) is 0 Å². The van der Waals surface area contributed by atoms with Crippen LogP contribution in [-0.4, -0.2) is 16.1 Å². The Morgan fingerprint density at radius 1 is 1.14 bits per heavy atom. The van der Waals surface area contributed by atoms with E-state index in [1.165, 1.54) is 25.7 Å². The van der Waals surface area contributed by atoms with Crippen molar-refractivity contribution in [2.45, 2.75) is 45.3 Å². The first kappa shape index (κ1) is 13.9. The first-order valence-corrected chi connectivity index (χ1v) is 7.59. The van der Waals surface area contributed by atoms with Crippen LogP contribution in [0.2, 0.25) is 0 Å². The summed E-state index contributed by atoms with van der Waals surface area (Å²) in [6, 6.07) is 10.1. The van der Waals surface area contributed by atoms with Gasteiger partial charge in [-0.3, -0.25) is 0 Å². The van der Waals surface area contributed by atoms with Gasteiger partial charge in [0.2, 0.25) is 0 Å². The summed E-state index contributed by atoms with van der Waals surface area (Å²) < 4.78 is 5.96. The highest BCUT2D eigenvalue weighted by atomic mass is 16.5. The van der Waals surface area contributed by atoms with Gasteiger partial charge in [0.1, 0.15) is 11.6 Å². The van der Waals surface area contributed by atoms with E-state index < -0.39 is 0 Å². The summed E-state index contributed by atoms with van der Waals surface area (Å²) >= 11 is 0. The molecule has 0 bridgehead atoms. The van der Waals surface area contributed by atoms with Crippen LogP contribution in [0.1, 0.15) is 37.2 Å². The zero-order valence-electron chi connectivity index (χ0n) is 12.4. The van der Waals surface area contributed by atoms with Gasteiger partial charge in [-0.05, 0) is 62.9 Å². The molecule has 1 aliphatic rings. The normalized spacial score (nSPS) is 15.1. The number of ether oxygens (including phenoxy) is 1. The fraction of sp³-hybridized carbons (Fsp3) is 0.412. The lowest BCUT2D eigenvalue weighted by Crippen LogP contribution is -2.10. The van der Waals surface area contributed by atoms with Gasteiger partial charge in [0.25, 0.3) is 0 Å². The van der Waals surface area contributed by atoms with Crippen LogP contribution in [0.3, 0.4) is 0 Å². The monoisotopic (exact) mass is 283 g/mol. The molecule has 21 heavy (non-hydrogen) atoms. The number of benzene rings is 1. The number of rotatable bonds is 5. The van der Waals surface area contributed by atoms with Gasteiger partial charge in [-0.25, -0.2) is 9.97 Å². The van der Waals surface area contributed by atoms with Crippen molar-refractivity contribution < 1.29 is 4.74 Å². The highest BCUT2D eigenvalue weighted by Crippen LogP contribution is 2.25. The van der Waals surface area contributed by atoms with E-state index in [1.54, 1.807) is 6.20 Å². The number of nitrogens with one attached hydrogen (secondary N) is 1. The van der Waals surface area contributed by atoms with E-state index in [0.29, 0.717) is 12.6 Å². The van der Waals surface area contributed by atoms with Crippen molar-refractivity contribution in [1.82, 2.24) is 9.97 Å². The number of nitrogens with zero attached hydrogens (tertiary/aromatic N) is 2. The molecule has 0 aliphatic heterocycles. The first-order chi connectivity index (χ1) is 10.3. The Labute approximate surface area is 125 Å². The lowest BCUT2D eigenvalue weighted by Gasteiger charge is -2.13. The summed E-state index contributed by atoms with van der Waals surface area (Å²) in [6.45, 7) is 2.60. The first-order valence-electron chi connectivity index (χ1n) is 7.59. The van der Waals surface area contributed by atoms with Crippen molar-refractivity contribution in [2.75, 3.05) is 5.32 Å². The highest BCUT2D eigenvalue weighted by molar-refractivity contribution is 5.46. The lowest BCUT2D eigenvalue weighted by atomic mass is 10.2. The molecule has 1 fully saturated rings. The quantitative estimate of drug-likeness (QED) is 0.908. The Bertz CT molecular complexity index is 577. The third-order valence-corrected chi connectivity index (χ3v) is 3.77. The van der Waals surface area contributed by atoms with Crippen molar-refractivity contribution in [2.24, 2.45) is 0 Å². The van der Waals surface area contributed by atoms with Crippen LogP contribution in [0.25, 0.3) is 0 Å². The van der Waals surface area contributed by atoms with Gasteiger partial charge in [-0.2, -0.15) is 0 Å². The van der Waals surface area contributed by atoms with Crippen molar-refractivity contribution in [3.63, 3.8) is 0 Å². The minimum Gasteiger partial charge on any atom is -0.490 e. The maximum absolute atomic E-state index is 5.96. The highest BCUT2D eigenvalue weighted by Gasteiger charge is 2.16. The maximum Gasteiger partial charge on any atom is 0.125 e. The van der Waals surface area contributed by atoms with E-state index in [4.69, 9.17) is 4.74 Å². The van der Waals surface area contributed by atoms with E-state index in [2.05, 4.69) is 27.4 Å². The molecule has 0 unspecified atom stereocenters. The van der Waals surface area contributed by atoms with Gasteiger partial charge in [0.05, 0.1) is 18.3 Å². The molecule has 1 aromatic carbocycles. The van der Waals surface area contributed by atoms with E-state index in [9.17, 15) is 0 Å². The number of aryl methyl sites for hydroxylation is 1. The van der Waals surface area contributed by atoms with Crippen molar-refractivity contribution >= 4 is 5.69 Å². The average Bonchev–Trinajstić information content (AvgIpc) is 3.00. The Morgan fingerprint density at radius 3 is 2.62 bits per heavy atom. The number of hydrogen-bond acceptors (Lipinski definition) is 4. The Balaban J connectivity index is 1.54. The molecule has 1 N–H and O–H groups in total. The SMILES string of the molecule is Cc1nccc(CNc2ccc(OC3CCCC3)cc2)n1. The van der Waals surface area contributed by atoms with Crippen LogP contribution in [0.15, 0.2) is 36.5 Å². The summed E-state index contributed by atoms with van der Waals surface area (Å²) in [4.78, 5) is 8.48. The molecule has 0 amide bonds. The Hall–Kier alpha value is -2.10. The lowest BCUT2D eigenvalue weighted by molar-refractivity contribution is 0.210. The molecule has 1 saturated carbocycles. The van der Waals surface area contributed by atoms with Gasteiger partial charge < -0.3 is 10.1 Å². The zero-order valence-corrected chi connectivity index (χ0v) is 12.4. The zero-order chi connectivity index (χ0) is 14.5. The van der Waals surface area contributed by atoms with Crippen molar-refractivity contribution in [3.05, 3.63) is 48.0 Å². The van der Waals surface area contributed by atoms with Gasteiger partial charge >= 0.3 is 0 Å². The second-order valence-corrected chi connectivity index (χ2v) is 5.50. The molecule has 110 valence electrons. The Kier molecular flexibility index (Phi) is 4.34. The molecular formula is C17H21N3O.